The molecule has 0 radical (unpaired) electrons. The highest BCUT2D eigenvalue weighted by Crippen LogP contribution is 2.41. The van der Waals surface area contributed by atoms with Crippen molar-refractivity contribution in [3.8, 4) is 0 Å². The van der Waals surface area contributed by atoms with Crippen LogP contribution in [0.25, 0.3) is 5.57 Å². The summed E-state index contributed by atoms with van der Waals surface area (Å²) < 4.78 is 32.6. The van der Waals surface area contributed by atoms with Gasteiger partial charge in [-0.05, 0) is 57.7 Å². The molecule has 0 atom stereocenters. The van der Waals surface area contributed by atoms with Crippen LogP contribution in [0.3, 0.4) is 0 Å². The number of hydrogen-bond donors (Lipinski definition) is 0. The molecule has 1 aromatic rings. The smallest absolute Gasteiger partial charge is 0.398 e. The number of hydrogen-bond acceptors (Lipinski definition) is 3. The topological polar surface area (TPSA) is 27.7 Å². The Morgan fingerprint density at radius 3 is 2.28 bits per heavy atom. The summed E-state index contributed by atoms with van der Waals surface area (Å²) in [6, 6.07) is 7.22. The summed E-state index contributed by atoms with van der Waals surface area (Å²) in [5.41, 5.74) is -0.512. The summed E-state index contributed by atoms with van der Waals surface area (Å²) in [6.07, 6.45) is 1.32. The van der Waals surface area contributed by atoms with Crippen molar-refractivity contribution in [2.75, 3.05) is 13.2 Å². The molecule has 1 heterocycles. The minimum absolute atomic E-state index is 0.402. The lowest BCUT2D eigenvalue weighted by atomic mass is 9.82. The summed E-state index contributed by atoms with van der Waals surface area (Å²) >= 11 is 6.30. The predicted octanol–water partition coefficient (Wildman–Crippen LogP) is 5.47. The number of halogens is 2. The number of benzene rings is 1. The zero-order valence-electron chi connectivity index (χ0n) is 15.7. The average Bonchev–Trinajstić information content (AvgIpc) is 2.76. The lowest BCUT2D eigenvalue weighted by Crippen LogP contribution is -2.41. The third-order valence-corrected chi connectivity index (χ3v) is 5.12. The van der Waals surface area contributed by atoms with Crippen molar-refractivity contribution in [1.29, 1.82) is 0 Å². The molecule has 0 amide bonds. The highest BCUT2D eigenvalue weighted by molar-refractivity contribution is 6.55. The van der Waals surface area contributed by atoms with Gasteiger partial charge in [-0.25, -0.2) is 4.39 Å². The van der Waals surface area contributed by atoms with Crippen molar-refractivity contribution >= 4 is 24.3 Å². The maximum Gasteiger partial charge on any atom is 0.525 e. The molecular weight excluding hydrogens is 341 g/mol. The first-order valence-corrected chi connectivity index (χ1v) is 9.14. The van der Waals surface area contributed by atoms with E-state index in [2.05, 4.69) is 0 Å². The molecular formula is C19H27BClFO3. The van der Waals surface area contributed by atoms with E-state index in [1.165, 1.54) is 0 Å². The fourth-order valence-electron chi connectivity index (χ4n) is 2.60. The van der Waals surface area contributed by atoms with Crippen molar-refractivity contribution in [3.63, 3.8) is 0 Å². The largest absolute Gasteiger partial charge is 0.525 e. The average molecular weight is 369 g/mol. The molecule has 0 bridgehead atoms. The maximum absolute atomic E-state index is 15.3. The van der Waals surface area contributed by atoms with Crippen LogP contribution in [-0.2, 0) is 14.0 Å². The third kappa shape index (κ3) is 4.65. The molecule has 0 aliphatic carbocycles. The minimum atomic E-state index is -1.04. The molecule has 0 spiro atoms. The summed E-state index contributed by atoms with van der Waals surface area (Å²) in [5.74, 6) is 0. The van der Waals surface area contributed by atoms with Crippen LogP contribution >= 0.6 is 11.6 Å². The Morgan fingerprint density at radius 2 is 1.72 bits per heavy atom. The van der Waals surface area contributed by atoms with Gasteiger partial charge < -0.3 is 14.0 Å². The molecule has 138 valence electrons. The second kappa shape index (κ2) is 8.21. The molecule has 1 aromatic carbocycles. The van der Waals surface area contributed by atoms with E-state index >= 15 is 4.39 Å². The standard InChI is InChI=1S/C19H27BClFO3/c1-6-12-23-13-11-15(14-9-7-8-10-16(14)21)17(22)20-24-18(2,3)19(4,5)25-20/h7-10H,6,11-13H2,1-5H3. The first-order valence-electron chi connectivity index (χ1n) is 8.76. The normalized spacial score (nSPS) is 19.9. The molecule has 0 saturated carbocycles. The second-order valence-electron chi connectivity index (χ2n) is 7.26. The van der Waals surface area contributed by atoms with Crippen LogP contribution in [-0.4, -0.2) is 31.5 Å². The predicted molar refractivity (Wildman–Crippen MR) is 101 cm³/mol. The molecule has 6 heteroatoms. The van der Waals surface area contributed by atoms with Crippen molar-refractivity contribution in [1.82, 2.24) is 0 Å². The molecule has 25 heavy (non-hydrogen) atoms. The molecule has 0 unspecified atom stereocenters. The van der Waals surface area contributed by atoms with Gasteiger partial charge in [0.15, 0.2) is 0 Å². The molecule has 0 N–H and O–H groups in total. The Bertz CT molecular complexity index is 615. The van der Waals surface area contributed by atoms with Gasteiger partial charge in [0.25, 0.3) is 0 Å². The Kier molecular flexibility index (Phi) is 6.71. The summed E-state index contributed by atoms with van der Waals surface area (Å²) in [6.45, 7) is 10.7. The molecule has 1 aliphatic rings. The fraction of sp³-hybridized carbons (Fsp3) is 0.579. The molecule has 0 aromatic heterocycles. The fourth-order valence-corrected chi connectivity index (χ4v) is 2.85. The Labute approximate surface area is 155 Å². The third-order valence-electron chi connectivity index (χ3n) is 4.79. The maximum atomic E-state index is 15.3. The van der Waals surface area contributed by atoms with Gasteiger partial charge in [-0.15, -0.1) is 0 Å². The van der Waals surface area contributed by atoms with E-state index in [-0.39, 0.29) is 0 Å². The van der Waals surface area contributed by atoms with Crippen LogP contribution in [0, 0.1) is 0 Å². The van der Waals surface area contributed by atoms with Gasteiger partial charge in [-0.1, -0.05) is 36.7 Å². The quantitative estimate of drug-likeness (QED) is 0.472. The Morgan fingerprint density at radius 1 is 1.12 bits per heavy atom. The second-order valence-corrected chi connectivity index (χ2v) is 7.66. The van der Waals surface area contributed by atoms with E-state index in [0.717, 1.165) is 6.42 Å². The van der Waals surface area contributed by atoms with E-state index in [4.69, 9.17) is 25.6 Å². The summed E-state index contributed by atoms with van der Waals surface area (Å²) in [4.78, 5) is 0. The van der Waals surface area contributed by atoms with E-state index in [9.17, 15) is 0 Å². The van der Waals surface area contributed by atoms with Crippen LogP contribution in [0.4, 0.5) is 4.39 Å². The molecule has 1 aliphatic heterocycles. The van der Waals surface area contributed by atoms with Crippen molar-refractivity contribution in [2.45, 2.75) is 58.7 Å². The zero-order chi connectivity index (χ0) is 18.7. The monoisotopic (exact) mass is 368 g/mol. The lowest BCUT2D eigenvalue weighted by molar-refractivity contribution is 0.00578. The van der Waals surface area contributed by atoms with Crippen LogP contribution in [0.1, 0.15) is 53.0 Å². The van der Waals surface area contributed by atoms with Gasteiger partial charge in [0.1, 0.15) is 5.73 Å². The number of ether oxygens (including phenoxy) is 1. The van der Waals surface area contributed by atoms with Gasteiger partial charge in [-0.3, -0.25) is 0 Å². The zero-order valence-corrected chi connectivity index (χ0v) is 16.5. The van der Waals surface area contributed by atoms with Gasteiger partial charge >= 0.3 is 7.12 Å². The molecule has 1 saturated heterocycles. The van der Waals surface area contributed by atoms with E-state index < -0.39 is 24.0 Å². The van der Waals surface area contributed by atoms with Gasteiger partial charge in [0, 0.05) is 11.6 Å². The SMILES string of the molecule is CCCOCCC(=C(F)B1OC(C)(C)C(C)(C)O1)c1ccccc1Cl. The van der Waals surface area contributed by atoms with Gasteiger partial charge in [0.05, 0.1) is 17.8 Å². The minimum Gasteiger partial charge on any atom is -0.398 e. The first kappa shape index (κ1) is 20.4. The van der Waals surface area contributed by atoms with Crippen LogP contribution < -0.4 is 0 Å². The van der Waals surface area contributed by atoms with Crippen LogP contribution in [0.5, 0.6) is 0 Å². The Hall–Kier alpha value is -0.875. The van der Waals surface area contributed by atoms with Crippen LogP contribution in [0.2, 0.25) is 5.02 Å². The van der Waals surface area contributed by atoms with Crippen molar-refractivity contribution in [2.24, 2.45) is 0 Å². The number of rotatable bonds is 7. The lowest BCUT2D eigenvalue weighted by Gasteiger charge is -2.32. The van der Waals surface area contributed by atoms with Gasteiger partial charge in [-0.2, -0.15) is 0 Å². The van der Waals surface area contributed by atoms with Crippen molar-refractivity contribution < 1.29 is 18.4 Å². The molecule has 2 rings (SSSR count). The highest BCUT2D eigenvalue weighted by Gasteiger charge is 2.53. The summed E-state index contributed by atoms with van der Waals surface area (Å²) in [7, 11) is -1.04. The van der Waals surface area contributed by atoms with E-state index in [1.807, 2.05) is 52.8 Å². The van der Waals surface area contributed by atoms with Crippen molar-refractivity contribution in [3.05, 3.63) is 40.6 Å². The summed E-state index contributed by atoms with van der Waals surface area (Å²) in [5, 5.41) is 0.500. The van der Waals surface area contributed by atoms with Gasteiger partial charge in [0.2, 0.25) is 0 Å². The highest BCUT2D eigenvalue weighted by atomic mass is 35.5. The van der Waals surface area contributed by atoms with Crippen LogP contribution in [0.15, 0.2) is 30.0 Å². The molecule has 1 fully saturated rings. The van der Waals surface area contributed by atoms with E-state index in [0.29, 0.717) is 35.8 Å². The first-order chi connectivity index (χ1) is 11.7. The molecule has 3 nitrogen and oxygen atoms in total. The van der Waals surface area contributed by atoms with E-state index in [1.54, 1.807) is 6.07 Å². The Balaban J connectivity index is 2.33.